The van der Waals surface area contributed by atoms with Gasteiger partial charge < -0.3 is 10.1 Å². The number of nitrogens with one attached hydrogen (secondary N) is 1. The molecule has 0 saturated carbocycles. The van der Waals surface area contributed by atoms with Gasteiger partial charge in [-0.15, -0.1) is 0 Å². The van der Waals surface area contributed by atoms with Gasteiger partial charge in [0, 0.05) is 32.3 Å². The Kier molecular flexibility index (Phi) is 7.87. The summed E-state index contributed by atoms with van der Waals surface area (Å²) in [6.07, 6.45) is 4.18. The topological polar surface area (TPSA) is 24.5 Å². The Morgan fingerprint density at radius 3 is 2.44 bits per heavy atom. The second-order valence-electron chi connectivity index (χ2n) is 5.93. The van der Waals surface area contributed by atoms with Gasteiger partial charge in [-0.3, -0.25) is 4.90 Å². The summed E-state index contributed by atoms with van der Waals surface area (Å²) in [6, 6.07) is 0.653. The molecule has 1 saturated heterocycles. The van der Waals surface area contributed by atoms with Crippen molar-refractivity contribution < 1.29 is 4.74 Å². The zero-order valence-electron chi connectivity index (χ0n) is 12.7. The molecule has 1 heterocycles. The van der Waals surface area contributed by atoms with E-state index in [1.807, 2.05) is 0 Å². The first-order valence-electron chi connectivity index (χ1n) is 7.69. The van der Waals surface area contributed by atoms with Gasteiger partial charge in [0.2, 0.25) is 0 Å². The summed E-state index contributed by atoms with van der Waals surface area (Å²) in [4.78, 5) is 2.60. The molecule has 3 heteroatoms. The predicted molar refractivity (Wildman–Crippen MR) is 78.0 cm³/mol. The average molecular weight is 256 g/mol. The Labute approximate surface area is 113 Å². The summed E-state index contributed by atoms with van der Waals surface area (Å²) in [5.74, 6) is 0.801. The average Bonchev–Trinajstić information content (AvgIpc) is 2.35. The van der Waals surface area contributed by atoms with Gasteiger partial charge >= 0.3 is 0 Å². The molecule has 0 amide bonds. The third-order valence-corrected chi connectivity index (χ3v) is 3.84. The van der Waals surface area contributed by atoms with Crippen molar-refractivity contribution in [3.8, 4) is 0 Å². The Hall–Kier alpha value is -0.120. The smallest absolute Gasteiger partial charge is 0.0599 e. The lowest BCUT2D eigenvalue weighted by molar-refractivity contribution is 0.00592. The highest BCUT2D eigenvalue weighted by molar-refractivity contribution is 4.77. The molecule has 1 N–H and O–H groups in total. The number of nitrogens with zero attached hydrogens (tertiary/aromatic N) is 1. The summed E-state index contributed by atoms with van der Waals surface area (Å²) in [5.41, 5.74) is 0. The molecule has 0 aromatic heterocycles. The number of piperidine rings is 1. The van der Waals surface area contributed by atoms with E-state index >= 15 is 0 Å². The van der Waals surface area contributed by atoms with Crippen molar-refractivity contribution in [2.24, 2.45) is 5.92 Å². The minimum Gasteiger partial charge on any atom is -0.378 e. The van der Waals surface area contributed by atoms with E-state index in [2.05, 4.69) is 37.9 Å². The maximum absolute atomic E-state index is 5.69. The first kappa shape index (κ1) is 15.9. The molecule has 1 fully saturated rings. The molecule has 1 unspecified atom stereocenters. The number of rotatable bonds is 8. The van der Waals surface area contributed by atoms with Gasteiger partial charge in [0.05, 0.1) is 6.10 Å². The van der Waals surface area contributed by atoms with Crippen LogP contribution in [0.2, 0.25) is 0 Å². The Balaban J connectivity index is 2.10. The van der Waals surface area contributed by atoms with E-state index in [0.29, 0.717) is 12.1 Å². The van der Waals surface area contributed by atoms with E-state index in [1.165, 1.54) is 32.4 Å². The van der Waals surface area contributed by atoms with Crippen molar-refractivity contribution in [2.45, 2.75) is 59.1 Å². The van der Waals surface area contributed by atoms with Gasteiger partial charge in [0.1, 0.15) is 0 Å². The van der Waals surface area contributed by atoms with Crippen LogP contribution in [0.1, 0.15) is 47.0 Å². The van der Waals surface area contributed by atoms with Gasteiger partial charge in [0.15, 0.2) is 0 Å². The molecular formula is C15H32N2O. The van der Waals surface area contributed by atoms with Crippen molar-refractivity contribution in [1.82, 2.24) is 10.2 Å². The van der Waals surface area contributed by atoms with Crippen LogP contribution in [0.15, 0.2) is 0 Å². The van der Waals surface area contributed by atoms with Crippen LogP contribution in [0, 0.1) is 5.92 Å². The second kappa shape index (κ2) is 8.89. The van der Waals surface area contributed by atoms with Gasteiger partial charge in [-0.25, -0.2) is 0 Å². The van der Waals surface area contributed by atoms with Gasteiger partial charge in [-0.2, -0.15) is 0 Å². The fourth-order valence-corrected chi connectivity index (χ4v) is 2.55. The molecule has 0 bridgehead atoms. The van der Waals surface area contributed by atoms with E-state index in [-0.39, 0.29) is 0 Å². The zero-order chi connectivity index (χ0) is 13.4. The number of hydrogen-bond acceptors (Lipinski definition) is 3. The molecular weight excluding hydrogens is 224 g/mol. The minimum atomic E-state index is 0.507. The molecule has 0 radical (unpaired) electrons. The number of likely N-dealkylation sites (tertiary alicyclic amines) is 1. The summed E-state index contributed by atoms with van der Waals surface area (Å²) in [7, 11) is 0. The standard InChI is InChI=1S/C15H32N2O/c1-5-18-15-7-10-17(11-8-15)14(4)12-16-9-6-13(2)3/h13-16H,5-12H2,1-4H3. The Morgan fingerprint density at radius 1 is 1.22 bits per heavy atom. The van der Waals surface area contributed by atoms with Crippen LogP contribution in [0.4, 0.5) is 0 Å². The van der Waals surface area contributed by atoms with Gasteiger partial charge in [-0.05, 0) is 45.6 Å². The summed E-state index contributed by atoms with van der Waals surface area (Å²) >= 11 is 0. The van der Waals surface area contributed by atoms with Crippen LogP contribution >= 0.6 is 0 Å². The van der Waals surface area contributed by atoms with Crippen LogP contribution in [0.5, 0.6) is 0 Å². The van der Waals surface area contributed by atoms with Crippen molar-refractivity contribution in [2.75, 3.05) is 32.8 Å². The van der Waals surface area contributed by atoms with E-state index in [4.69, 9.17) is 4.74 Å². The van der Waals surface area contributed by atoms with Crippen LogP contribution < -0.4 is 5.32 Å². The molecule has 18 heavy (non-hydrogen) atoms. The van der Waals surface area contributed by atoms with Crippen LogP contribution in [0.3, 0.4) is 0 Å². The molecule has 0 aromatic carbocycles. The Morgan fingerprint density at radius 2 is 1.89 bits per heavy atom. The number of hydrogen-bond donors (Lipinski definition) is 1. The lowest BCUT2D eigenvalue weighted by atomic mass is 10.1. The highest BCUT2D eigenvalue weighted by atomic mass is 16.5. The highest BCUT2D eigenvalue weighted by Gasteiger charge is 2.22. The SMILES string of the molecule is CCOC1CCN(C(C)CNCCC(C)C)CC1. The van der Waals surface area contributed by atoms with Crippen molar-refractivity contribution in [3.05, 3.63) is 0 Å². The van der Waals surface area contributed by atoms with Crippen LogP contribution in [-0.2, 0) is 4.74 Å². The maximum Gasteiger partial charge on any atom is 0.0599 e. The molecule has 1 aliphatic heterocycles. The zero-order valence-corrected chi connectivity index (χ0v) is 12.7. The van der Waals surface area contributed by atoms with Gasteiger partial charge in [0.25, 0.3) is 0 Å². The van der Waals surface area contributed by atoms with Crippen molar-refractivity contribution in [1.29, 1.82) is 0 Å². The quantitative estimate of drug-likeness (QED) is 0.675. The minimum absolute atomic E-state index is 0.507. The Bertz CT molecular complexity index is 201. The monoisotopic (exact) mass is 256 g/mol. The fourth-order valence-electron chi connectivity index (χ4n) is 2.55. The molecule has 1 aliphatic rings. The lowest BCUT2D eigenvalue weighted by Gasteiger charge is -2.36. The van der Waals surface area contributed by atoms with Crippen molar-refractivity contribution >= 4 is 0 Å². The third-order valence-electron chi connectivity index (χ3n) is 3.84. The summed E-state index contributed by atoms with van der Waals surface area (Å²) < 4.78 is 5.69. The van der Waals surface area contributed by atoms with Crippen LogP contribution in [-0.4, -0.2) is 49.8 Å². The lowest BCUT2D eigenvalue weighted by Crippen LogP contribution is -2.46. The van der Waals surface area contributed by atoms with Crippen LogP contribution in [0.25, 0.3) is 0 Å². The fraction of sp³-hybridized carbons (Fsp3) is 1.00. The first-order chi connectivity index (χ1) is 8.63. The van der Waals surface area contributed by atoms with Gasteiger partial charge in [-0.1, -0.05) is 13.8 Å². The molecule has 3 nitrogen and oxygen atoms in total. The summed E-state index contributed by atoms with van der Waals surface area (Å²) in [6.45, 7) is 14.5. The van der Waals surface area contributed by atoms with Crippen molar-refractivity contribution in [3.63, 3.8) is 0 Å². The van der Waals surface area contributed by atoms with E-state index in [1.54, 1.807) is 0 Å². The van der Waals surface area contributed by atoms with E-state index in [9.17, 15) is 0 Å². The molecule has 0 spiro atoms. The van der Waals surface area contributed by atoms with E-state index in [0.717, 1.165) is 25.6 Å². The normalized spacial score (nSPS) is 20.5. The largest absolute Gasteiger partial charge is 0.378 e. The third kappa shape index (κ3) is 6.17. The highest BCUT2D eigenvalue weighted by Crippen LogP contribution is 2.15. The molecule has 0 aromatic rings. The first-order valence-corrected chi connectivity index (χ1v) is 7.69. The second-order valence-corrected chi connectivity index (χ2v) is 5.93. The number of ether oxygens (including phenoxy) is 1. The molecule has 1 rings (SSSR count). The maximum atomic E-state index is 5.69. The molecule has 108 valence electrons. The molecule has 1 atom stereocenters. The van der Waals surface area contributed by atoms with E-state index < -0.39 is 0 Å². The predicted octanol–water partition coefficient (Wildman–Crippen LogP) is 2.51. The summed E-state index contributed by atoms with van der Waals surface area (Å²) in [5, 5.41) is 3.58. The molecule has 0 aliphatic carbocycles.